The van der Waals surface area contributed by atoms with E-state index in [0.717, 1.165) is 5.56 Å². The topological polar surface area (TPSA) is 91.8 Å². The Labute approximate surface area is 135 Å². The second-order valence-corrected chi connectivity index (χ2v) is 5.66. The highest BCUT2D eigenvalue weighted by Crippen LogP contribution is 2.12. The minimum atomic E-state index is -0.755. The number of hydrogen-bond acceptors (Lipinski definition) is 5. The average Bonchev–Trinajstić information content (AvgIpc) is 2.56. The van der Waals surface area contributed by atoms with Gasteiger partial charge < -0.3 is 20.1 Å². The van der Waals surface area contributed by atoms with Crippen LogP contribution in [0.4, 0.5) is 0 Å². The van der Waals surface area contributed by atoms with E-state index < -0.39 is 6.10 Å². The highest BCUT2D eigenvalue weighted by atomic mass is 16.5. The standard InChI is InChI=1S/C16H23N3O4/c1-23-11-16(22)19-9-6-13(14(20)10-19)18-15(21)3-2-12-4-7-17-8-5-12/h4-5,7-8,13-14,20H,2-3,6,9-11H2,1H3,(H,18,21)/t13-,14-/m1/s1. The van der Waals surface area contributed by atoms with Crippen LogP contribution >= 0.6 is 0 Å². The van der Waals surface area contributed by atoms with Gasteiger partial charge in [0, 0.05) is 39.0 Å². The van der Waals surface area contributed by atoms with Gasteiger partial charge in [-0.15, -0.1) is 0 Å². The number of likely N-dealkylation sites (tertiary alicyclic amines) is 1. The molecule has 1 saturated heterocycles. The van der Waals surface area contributed by atoms with E-state index in [1.54, 1.807) is 17.3 Å². The number of aliphatic hydroxyl groups excluding tert-OH is 1. The van der Waals surface area contributed by atoms with Gasteiger partial charge in [-0.2, -0.15) is 0 Å². The molecular formula is C16H23N3O4. The summed E-state index contributed by atoms with van der Waals surface area (Å²) in [7, 11) is 1.46. The van der Waals surface area contributed by atoms with Crippen molar-refractivity contribution in [1.29, 1.82) is 0 Å². The maximum absolute atomic E-state index is 12.0. The van der Waals surface area contributed by atoms with Gasteiger partial charge in [0.1, 0.15) is 6.61 Å². The molecule has 0 radical (unpaired) electrons. The molecule has 1 aromatic rings. The van der Waals surface area contributed by atoms with E-state index >= 15 is 0 Å². The molecule has 23 heavy (non-hydrogen) atoms. The van der Waals surface area contributed by atoms with Crippen molar-refractivity contribution in [3.63, 3.8) is 0 Å². The molecule has 1 fully saturated rings. The van der Waals surface area contributed by atoms with Gasteiger partial charge in [-0.25, -0.2) is 0 Å². The van der Waals surface area contributed by atoms with Gasteiger partial charge in [0.15, 0.2) is 0 Å². The molecule has 2 N–H and O–H groups in total. The maximum atomic E-state index is 12.0. The summed E-state index contributed by atoms with van der Waals surface area (Å²) in [6, 6.07) is 3.44. The minimum absolute atomic E-state index is 0.00960. The quantitative estimate of drug-likeness (QED) is 0.753. The number of hydrogen-bond donors (Lipinski definition) is 2. The van der Waals surface area contributed by atoms with Gasteiger partial charge in [-0.05, 0) is 30.5 Å². The zero-order valence-corrected chi connectivity index (χ0v) is 13.3. The van der Waals surface area contributed by atoms with Crippen LogP contribution < -0.4 is 5.32 Å². The summed E-state index contributed by atoms with van der Waals surface area (Å²) >= 11 is 0. The number of piperidine rings is 1. The van der Waals surface area contributed by atoms with Crippen LogP contribution in [0.15, 0.2) is 24.5 Å². The molecule has 126 valence electrons. The van der Waals surface area contributed by atoms with E-state index in [9.17, 15) is 14.7 Å². The number of nitrogens with zero attached hydrogens (tertiary/aromatic N) is 2. The predicted octanol–water partition coefficient (Wildman–Crippen LogP) is -0.261. The number of aliphatic hydroxyl groups is 1. The van der Waals surface area contributed by atoms with Crippen LogP contribution in [0.1, 0.15) is 18.4 Å². The van der Waals surface area contributed by atoms with E-state index in [0.29, 0.717) is 25.8 Å². The Hall–Kier alpha value is -1.99. The number of aryl methyl sites for hydroxylation is 1. The molecule has 1 aliphatic heterocycles. The minimum Gasteiger partial charge on any atom is -0.389 e. The fraction of sp³-hybridized carbons (Fsp3) is 0.562. The molecule has 2 rings (SSSR count). The second-order valence-electron chi connectivity index (χ2n) is 5.66. The first-order valence-electron chi connectivity index (χ1n) is 7.73. The third kappa shape index (κ3) is 5.30. The fourth-order valence-corrected chi connectivity index (χ4v) is 2.63. The third-order valence-corrected chi connectivity index (χ3v) is 3.94. The molecule has 0 saturated carbocycles. The molecule has 7 nitrogen and oxygen atoms in total. The van der Waals surface area contributed by atoms with Gasteiger partial charge in [0.25, 0.3) is 0 Å². The number of pyridine rings is 1. The average molecular weight is 321 g/mol. The summed E-state index contributed by atoms with van der Waals surface area (Å²) in [4.78, 5) is 29.2. The van der Waals surface area contributed by atoms with Gasteiger partial charge in [0.2, 0.25) is 11.8 Å². The van der Waals surface area contributed by atoms with E-state index in [2.05, 4.69) is 10.3 Å². The van der Waals surface area contributed by atoms with Gasteiger partial charge in [-0.1, -0.05) is 0 Å². The van der Waals surface area contributed by atoms with Crippen LogP contribution in [0.5, 0.6) is 0 Å². The second kappa shape index (κ2) is 8.59. The summed E-state index contributed by atoms with van der Waals surface area (Å²) in [5, 5.41) is 13.0. The summed E-state index contributed by atoms with van der Waals surface area (Å²) < 4.78 is 4.81. The Morgan fingerprint density at radius 2 is 2.17 bits per heavy atom. The monoisotopic (exact) mass is 321 g/mol. The molecular weight excluding hydrogens is 298 g/mol. The lowest BCUT2D eigenvalue weighted by atomic mass is 10.0. The van der Waals surface area contributed by atoms with Crippen LogP contribution in [0.2, 0.25) is 0 Å². The summed E-state index contributed by atoms with van der Waals surface area (Å²) in [5.74, 6) is -0.239. The fourth-order valence-electron chi connectivity index (χ4n) is 2.63. The first kappa shape index (κ1) is 17.4. The lowest BCUT2D eigenvalue weighted by Gasteiger charge is -2.36. The van der Waals surface area contributed by atoms with Crippen LogP contribution in [-0.4, -0.2) is 65.8 Å². The normalized spacial score (nSPS) is 21.0. The lowest BCUT2D eigenvalue weighted by molar-refractivity contribution is -0.139. The number of ether oxygens (including phenoxy) is 1. The number of rotatable bonds is 6. The maximum Gasteiger partial charge on any atom is 0.248 e. The molecule has 0 bridgehead atoms. The van der Waals surface area contributed by atoms with Gasteiger partial charge >= 0.3 is 0 Å². The van der Waals surface area contributed by atoms with Crippen molar-refractivity contribution in [2.75, 3.05) is 26.8 Å². The van der Waals surface area contributed by atoms with Crippen molar-refractivity contribution in [1.82, 2.24) is 15.2 Å². The van der Waals surface area contributed by atoms with E-state index in [1.165, 1.54) is 7.11 Å². The van der Waals surface area contributed by atoms with E-state index in [4.69, 9.17) is 4.74 Å². The number of methoxy groups -OCH3 is 1. The van der Waals surface area contributed by atoms with Crippen LogP contribution in [0.3, 0.4) is 0 Å². The molecule has 7 heteroatoms. The summed E-state index contributed by atoms with van der Waals surface area (Å²) in [5.41, 5.74) is 1.05. The van der Waals surface area contributed by atoms with Gasteiger partial charge in [0.05, 0.1) is 12.1 Å². The summed E-state index contributed by atoms with van der Waals surface area (Å²) in [6.07, 6.45) is 4.18. The molecule has 2 heterocycles. The smallest absolute Gasteiger partial charge is 0.248 e. The Bertz CT molecular complexity index is 523. The van der Waals surface area contributed by atoms with Crippen molar-refractivity contribution < 1.29 is 19.4 Å². The Morgan fingerprint density at radius 3 is 2.83 bits per heavy atom. The number of β-amino-alcohol motifs (C(OH)–C–C–N with tert-alkyl or cyclic N) is 1. The predicted molar refractivity (Wildman–Crippen MR) is 83.6 cm³/mol. The first-order chi connectivity index (χ1) is 11.1. The molecule has 0 aliphatic carbocycles. The molecule has 2 atom stereocenters. The zero-order valence-electron chi connectivity index (χ0n) is 13.3. The lowest BCUT2D eigenvalue weighted by Crippen LogP contribution is -2.55. The molecule has 0 unspecified atom stereocenters. The van der Waals surface area contributed by atoms with Crippen molar-refractivity contribution in [2.24, 2.45) is 0 Å². The zero-order chi connectivity index (χ0) is 16.7. The van der Waals surface area contributed by atoms with Crippen molar-refractivity contribution in [2.45, 2.75) is 31.4 Å². The van der Waals surface area contributed by atoms with Crippen LogP contribution in [0.25, 0.3) is 0 Å². The van der Waals surface area contributed by atoms with Gasteiger partial charge in [-0.3, -0.25) is 14.6 Å². The highest BCUT2D eigenvalue weighted by Gasteiger charge is 2.30. The molecule has 1 aliphatic rings. The first-order valence-corrected chi connectivity index (χ1v) is 7.73. The Kier molecular flexibility index (Phi) is 6.49. The third-order valence-electron chi connectivity index (χ3n) is 3.94. The highest BCUT2D eigenvalue weighted by molar-refractivity contribution is 5.78. The van der Waals surface area contributed by atoms with E-state index in [-0.39, 0.29) is 31.0 Å². The Balaban J connectivity index is 1.75. The van der Waals surface area contributed by atoms with E-state index in [1.807, 2.05) is 12.1 Å². The molecule has 1 aromatic heterocycles. The van der Waals surface area contributed by atoms with Crippen molar-refractivity contribution in [3.05, 3.63) is 30.1 Å². The summed E-state index contributed by atoms with van der Waals surface area (Å²) in [6.45, 7) is 0.738. The molecule has 2 amide bonds. The number of nitrogens with one attached hydrogen (secondary N) is 1. The largest absolute Gasteiger partial charge is 0.389 e. The number of carbonyl (C=O) groups excluding carboxylic acids is 2. The van der Waals surface area contributed by atoms with Crippen molar-refractivity contribution >= 4 is 11.8 Å². The molecule has 0 aromatic carbocycles. The van der Waals surface area contributed by atoms with Crippen LogP contribution in [-0.2, 0) is 20.7 Å². The van der Waals surface area contributed by atoms with Crippen LogP contribution in [0, 0.1) is 0 Å². The number of carbonyl (C=O) groups is 2. The van der Waals surface area contributed by atoms with Crippen molar-refractivity contribution in [3.8, 4) is 0 Å². The number of aromatic nitrogens is 1. The SMILES string of the molecule is COCC(=O)N1CC[C@@H](NC(=O)CCc2ccncc2)[C@H](O)C1. The Morgan fingerprint density at radius 1 is 1.43 bits per heavy atom. The molecule has 0 spiro atoms. The number of amides is 2.